The van der Waals surface area contributed by atoms with Crippen LogP contribution in [-0.2, 0) is 28.5 Å². The maximum atomic E-state index is 13.8. The molecule has 204 valence electrons. The Labute approximate surface area is 215 Å². The molecule has 4 aliphatic carbocycles. The number of rotatable bonds is 6. The number of hydrogen-bond acceptors (Lipinski definition) is 7. The van der Waals surface area contributed by atoms with E-state index in [-0.39, 0.29) is 58.0 Å². The van der Waals surface area contributed by atoms with Crippen LogP contribution in [0.2, 0.25) is 0 Å². The molecule has 1 spiro atoms. The van der Waals surface area contributed by atoms with Crippen LogP contribution in [0.3, 0.4) is 0 Å². The van der Waals surface area contributed by atoms with E-state index in [0.717, 1.165) is 32.1 Å². The van der Waals surface area contributed by atoms with Gasteiger partial charge in [0.1, 0.15) is 12.2 Å². The summed E-state index contributed by atoms with van der Waals surface area (Å²) in [7, 11) is 1.60. The van der Waals surface area contributed by atoms with E-state index in [9.17, 15) is 14.7 Å². The van der Waals surface area contributed by atoms with Crippen molar-refractivity contribution in [2.75, 3.05) is 7.11 Å². The van der Waals surface area contributed by atoms with E-state index in [1.807, 2.05) is 6.92 Å². The van der Waals surface area contributed by atoms with Crippen LogP contribution in [0.15, 0.2) is 0 Å². The van der Waals surface area contributed by atoms with Gasteiger partial charge < -0.3 is 24.1 Å². The Bertz CT molecular complexity index is 880. The van der Waals surface area contributed by atoms with Gasteiger partial charge in [-0.05, 0) is 42.9 Å². The van der Waals surface area contributed by atoms with Gasteiger partial charge in [0.2, 0.25) is 6.29 Å². The van der Waals surface area contributed by atoms with Crippen molar-refractivity contribution in [2.45, 2.75) is 112 Å². The van der Waals surface area contributed by atoms with Gasteiger partial charge in [-0.15, -0.1) is 0 Å². The highest BCUT2D eigenvalue weighted by Crippen LogP contribution is 2.83. The molecule has 36 heavy (non-hydrogen) atoms. The van der Waals surface area contributed by atoms with E-state index < -0.39 is 30.0 Å². The van der Waals surface area contributed by atoms with Gasteiger partial charge in [-0.1, -0.05) is 60.8 Å². The molecule has 0 aromatic heterocycles. The number of ether oxygens (including phenoxy) is 4. The Morgan fingerprint density at radius 2 is 1.61 bits per heavy atom. The van der Waals surface area contributed by atoms with Crippen LogP contribution in [0.1, 0.15) is 87.0 Å². The second-order valence-electron chi connectivity index (χ2n) is 14.4. The van der Waals surface area contributed by atoms with E-state index in [1.54, 1.807) is 7.11 Å². The molecule has 1 N–H and O–H groups in total. The second kappa shape index (κ2) is 8.41. The zero-order valence-electron chi connectivity index (χ0n) is 23.3. The van der Waals surface area contributed by atoms with E-state index in [4.69, 9.17) is 18.9 Å². The summed E-state index contributed by atoms with van der Waals surface area (Å²) in [5.74, 6) is -0.983. The molecule has 5 aliphatic rings. The molecule has 4 saturated carbocycles. The quantitative estimate of drug-likeness (QED) is 0.413. The van der Waals surface area contributed by atoms with Gasteiger partial charge in [0.15, 0.2) is 6.29 Å². The van der Waals surface area contributed by atoms with Crippen LogP contribution in [0.25, 0.3) is 0 Å². The van der Waals surface area contributed by atoms with Crippen molar-refractivity contribution in [2.24, 2.45) is 51.2 Å². The van der Waals surface area contributed by atoms with Crippen LogP contribution in [0, 0.1) is 51.2 Å². The highest BCUT2D eigenvalue weighted by atomic mass is 16.7. The van der Waals surface area contributed by atoms with E-state index >= 15 is 0 Å². The first-order chi connectivity index (χ1) is 16.7. The smallest absolute Gasteiger partial charge is 0.313 e. The summed E-state index contributed by atoms with van der Waals surface area (Å²) < 4.78 is 23.8. The lowest BCUT2D eigenvalue weighted by atomic mass is 9.55. The van der Waals surface area contributed by atoms with Gasteiger partial charge >= 0.3 is 11.9 Å². The van der Waals surface area contributed by atoms with E-state index in [0.29, 0.717) is 0 Å². The second-order valence-corrected chi connectivity index (χ2v) is 14.4. The van der Waals surface area contributed by atoms with Gasteiger partial charge in [0.25, 0.3) is 0 Å². The molecule has 0 amide bonds. The largest absolute Gasteiger partial charge is 0.459 e. The predicted octanol–water partition coefficient (Wildman–Crippen LogP) is 4.69. The molecule has 0 aromatic carbocycles. The van der Waals surface area contributed by atoms with Crippen molar-refractivity contribution in [3.8, 4) is 0 Å². The zero-order valence-corrected chi connectivity index (χ0v) is 23.3. The Hall–Kier alpha value is -1.18. The summed E-state index contributed by atoms with van der Waals surface area (Å²) >= 11 is 0. The van der Waals surface area contributed by atoms with Crippen molar-refractivity contribution in [1.29, 1.82) is 0 Å². The number of aliphatic hydroxyl groups excluding tert-OH is 1. The predicted molar refractivity (Wildman–Crippen MR) is 132 cm³/mol. The minimum atomic E-state index is -1.04. The normalized spacial score (nSPS) is 40.6. The first kappa shape index (κ1) is 26.4. The van der Waals surface area contributed by atoms with Gasteiger partial charge in [-0.3, -0.25) is 9.59 Å². The third-order valence-corrected chi connectivity index (χ3v) is 11.2. The molecular formula is C29H46O7. The average Bonchev–Trinajstić information content (AvgIpc) is 3.39. The van der Waals surface area contributed by atoms with Crippen molar-refractivity contribution in [3.05, 3.63) is 0 Å². The number of carbonyl (C=O) groups is 2. The van der Waals surface area contributed by atoms with Gasteiger partial charge in [-0.25, -0.2) is 0 Å². The SMILES string of the molecule is COC(OC(=O)C1C2C(O)OC3C(OC(=O)C(C)(C(C)(C)C)C(C)(C)C)C4(CC14)C32)C1CCCCC1. The van der Waals surface area contributed by atoms with Crippen molar-refractivity contribution >= 4 is 11.9 Å². The standard InChI is InChI=1S/C29H46O7/c1-26(2,3)28(7,27(4,5)6)25(32)35-21-20-19-18(23(31)34-20)17(16-14-29(16,19)21)22(30)36-24(33-8)15-12-10-9-11-13-15/h15-21,23-24,31H,9-14H2,1-8H3. The minimum absolute atomic E-state index is 0.0269. The van der Waals surface area contributed by atoms with Crippen molar-refractivity contribution in [1.82, 2.24) is 0 Å². The summed E-state index contributed by atoms with van der Waals surface area (Å²) in [5.41, 5.74) is -1.65. The summed E-state index contributed by atoms with van der Waals surface area (Å²) in [5, 5.41) is 10.9. The Morgan fingerprint density at radius 3 is 2.17 bits per heavy atom. The van der Waals surface area contributed by atoms with Crippen LogP contribution in [-0.4, -0.2) is 48.9 Å². The van der Waals surface area contributed by atoms with Gasteiger partial charge in [-0.2, -0.15) is 0 Å². The number of aliphatic hydroxyl groups is 1. The zero-order chi connectivity index (χ0) is 26.4. The number of esters is 2. The molecule has 7 heteroatoms. The maximum absolute atomic E-state index is 13.8. The lowest BCUT2D eigenvalue weighted by Gasteiger charge is -2.52. The summed E-state index contributed by atoms with van der Waals surface area (Å²) in [6.45, 7) is 14.5. The molecule has 7 nitrogen and oxygen atoms in total. The fourth-order valence-electron chi connectivity index (χ4n) is 8.60. The molecule has 5 rings (SSSR count). The average molecular weight is 507 g/mol. The summed E-state index contributed by atoms with van der Waals surface area (Å²) in [6.07, 6.45) is 3.90. The lowest BCUT2D eigenvalue weighted by Crippen LogP contribution is -2.60. The molecule has 0 radical (unpaired) electrons. The molecule has 9 unspecified atom stereocenters. The van der Waals surface area contributed by atoms with Crippen LogP contribution in [0.4, 0.5) is 0 Å². The first-order valence-corrected chi connectivity index (χ1v) is 14.0. The van der Waals surface area contributed by atoms with Crippen LogP contribution < -0.4 is 0 Å². The molecule has 5 fully saturated rings. The number of hydrogen-bond donors (Lipinski definition) is 1. The third-order valence-electron chi connectivity index (χ3n) is 11.2. The number of carbonyl (C=O) groups excluding carboxylic acids is 2. The van der Waals surface area contributed by atoms with Crippen molar-refractivity contribution < 1.29 is 33.6 Å². The molecule has 0 bridgehead atoms. The Kier molecular flexibility index (Phi) is 6.17. The lowest BCUT2D eigenvalue weighted by molar-refractivity contribution is -0.229. The molecule has 0 aromatic rings. The monoisotopic (exact) mass is 506 g/mol. The molecule has 1 aliphatic heterocycles. The van der Waals surface area contributed by atoms with E-state index in [1.165, 1.54) is 6.42 Å². The van der Waals surface area contributed by atoms with E-state index in [2.05, 4.69) is 41.5 Å². The van der Waals surface area contributed by atoms with Crippen molar-refractivity contribution in [3.63, 3.8) is 0 Å². The van der Waals surface area contributed by atoms with Gasteiger partial charge in [0.05, 0.1) is 11.3 Å². The number of methoxy groups -OCH3 is 1. The maximum Gasteiger partial charge on any atom is 0.313 e. The molecular weight excluding hydrogens is 460 g/mol. The highest BCUT2D eigenvalue weighted by Gasteiger charge is 2.89. The highest BCUT2D eigenvalue weighted by molar-refractivity contribution is 5.80. The molecule has 1 heterocycles. The summed E-state index contributed by atoms with van der Waals surface area (Å²) in [4.78, 5) is 27.3. The van der Waals surface area contributed by atoms with Crippen LogP contribution >= 0.6 is 0 Å². The Morgan fingerprint density at radius 1 is 1.00 bits per heavy atom. The van der Waals surface area contributed by atoms with Gasteiger partial charge in [0, 0.05) is 30.3 Å². The molecule has 1 saturated heterocycles. The third kappa shape index (κ3) is 3.47. The minimum Gasteiger partial charge on any atom is -0.459 e. The topological polar surface area (TPSA) is 91.3 Å². The van der Waals surface area contributed by atoms with Crippen LogP contribution in [0.5, 0.6) is 0 Å². The Balaban J connectivity index is 1.34. The summed E-state index contributed by atoms with van der Waals surface area (Å²) in [6, 6.07) is 0. The fourth-order valence-corrected chi connectivity index (χ4v) is 8.60. The molecule has 9 atom stereocenters. The fraction of sp³-hybridized carbons (Fsp3) is 0.931. The first-order valence-electron chi connectivity index (χ1n) is 14.0.